The highest BCUT2D eigenvalue weighted by atomic mass is 35.5. The van der Waals surface area contributed by atoms with E-state index in [1.807, 2.05) is 12.1 Å². The van der Waals surface area contributed by atoms with Gasteiger partial charge in [-0.25, -0.2) is 4.79 Å². The SMILES string of the molecule is CCOC(=O)C[C@@H](C)O/N=C(\N)[C@H](Cc1ccc(Cl)cc1)NC(=O)OC(C)(C)C. The van der Waals surface area contributed by atoms with E-state index in [1.165, 1.54) is 0 Å². The fourth-order valence-corrected chi connectivity index (χ4v) is 2.37. The van der Waals surface area contributed by atoms with Crippen LogP contribution >= 0.6 is 11.6 Å². The zero-order valence-electron chi connectivity index (χ0n) is 17.5. The molecule has 162 valence electrons. The molecular weight excluding hydrogens is 398 g/mol. The summed E-state index contributed by atoms with van der Waals surface area (Å²) in [5.74, 6) is -0.347. The molecule has 0 heterocycles. The molecule has 0 aromatic heterocycles. The van der Waals surface area contributed by atoms with Crippen LogP contribution in [0.25, 0.3) is 0 Å². The first-order valence-electron chi connectivity index (χ1n) is 9.39. The van der Waals surface area contributed by atoms with Gasteiger partial charge in [-0.05, 0) is 52.3 Å². The van der Waals surface area contributed by atoms with Gasteiger partial charge in [0, 0.05) is 11.4 Å². The van der Waals surface area contributed by atoms with Crippen LogP contribution < -0.4 is 11.1 Å². The standard InChI is InChI=1S/C20H30ClN3O5/c1-6-27-17(25)11-13(2)29-24-18(22)16(23-19(26)28-20(3,4)5)12-14-7-9-15(21)10-8-14/h7-10,13,16H,6,11-12H2,1-5H3,(H2,22,24)(H,23,26)/t13-,16+/m1/s1. The van der Waals surface area contributed by atoms with Crippen molar-refractivity contribution in [2.24, 2.45) is 10.9 Å². The van der Waals surface area contributed by atoms with Gasteiger partial charge in [0.15, 0.2) is 5.84 Å². The number of carbonyl (C=O) groups excluding carboxylic acids is 2. The maximum absolute atomic E-state index is 12.2. The number of nitrogens with zero attached hydrogens (tertiary/aromatic N) is 1. The van der Waals surface area contributed by atoms with Gasteiger partial charge >= 0.3 is 12.1 Å². The van der Waals surface area contributed by atoms with Crippen LogP contribution in [0.4, 0.5) is 4.79 Å². The Morgan fingerprint density at radius 3 is 2.41 bits per heavy atom. The summed E-state index contributed by atoms with van der Waals surface area (Å²) in [5.41, 5.74) is 6.28. The number of benzene rings is 1. The molecule has 1 aromatic rings. The maximum Gasteiger partial charge on any atom is 0.408 e. The molecule has 3 N–H and O–H groups in total. The number of carbonyl (C=O) groups is 2. The predicted octanol–water partition coefficient (Wildman–Crippen LogP) is 3.41. The van der Waals surface area contributed by atoms with Crippen LogP contribution in [0, 0.1) is 0 Å². The van der Waals surface area contributed by atoms with Gasteiger partial charge in [0.05, 0.1) is 19.1 Å². The monoisotopic (exact) mass is 427 g/mol. The highest BCUT2D eigenvalue weighted by Crippen LogP contribution is 2.13. The highest BCUT2D eigenvalue weighted by molar-refractivity contribution is 6.30. The lowest BCUT2D eigenvalue weighted by Crippen LogP contribution is -2.47. The lowest BCUT2D eigenvalue weighted by Gasteiger charge is -2.23. The molecule has 1 aromatic carbocycles. The molecule has 1 rings (SSSR count). The Bertz CT molecular complexity index is 701. The molecule has 1 amide bonds. The third-order valence-electron chi connectivity index (χ3n) is 3.50. The first kappa shape index (κ1) is 24.6. The molecule has 0 aliphatic heterocycles. The lowest BCUT2D eigenvalue weighted by atomic mass is 10.1. The van der Waals surface area contributed by atoms with Crippen molar-refractivity contribution in [3.05, 3.63) is 34.9 Å². The summed E-state index contributed by atoms with van der Waals surface area (Å²) in [7, 11) is 0. The number of esters is 1. The average molecular weight is 428 g/mol. The van der Waals surface area contributed by atoms with Gasteiger partial charge in [-0.2, -0.15) is 0 Å². The van der Waals surface area contributed by atoms with E-state index in [0.717, 1.165) is 5.56 Å². The van der Waals surface area contributed by atoms with Gasteiger partial charge in [0.25, 0.3) is 0 Å². The van der Waals surface area contributed by atoms with Crippen LogP contribution in [-0.2, 0) is 25.5 Å². The van der Waals surface area contributed by atoms with E-state index in [-0.39, 0.29) is 12.3 Å². The number of hydrogen-bond acceptors (Lipinski definition) is 6. The van der Waals surface area contributed by atoms with Crippen molar-refractivity contribution in [3.63, 3.8) is 0 Å². The Kier molecular flexibility index (Phi) is 9.74. The second-order valence-corrected chi connectivity index (χ2v) is 7.91. The largest absolute Gasteiger partial charge is 0.466 e. The molecule has 0 aliphatic rings. The first-order valence-corrected chi connectivity index (χ1v) is 9.76. The fourth-order valence-electron chi connectivity index (χ4n) is 2.24. The van der Waals surface area contributed by atoms with E-state index in [2.05, 4.69) is 10.5 Å². The Morgan fingerprint density at radius 2 is 1.86 bits per heavy atom. The maximum atomic E-state index is 12.2. The molecule has 0 saturated carbocycles. The van der Waals surface area contributed by atoms with Crippen LogP contribution in [0.3, 0.4) is 0 Å². The molecule has 0 radical (unpaired) electrons. The summed E-state index contributed by atoms with van der Waals surface area (Å²) >= 11 is 5.92. The molecular formula is C20H30ClN3O5. The number of hydrogen-bond donors (Lipinski definition) is 2. The minimum Gasteiger partial charge on any atom is -0.466 e. The molecule has 9 heteroatoms. The van der Waals surface area contributed by atoms with Crippen LogP contribution in [0.1, 0.15) is 46.6 Å². The smallest absolute Gasteiger partial charge is 0.408 e. The van der Waals surface area contributed by atoms with Crippen molar-refractivity contribution >= 4 is 29.5 Å². The van der Waals surface area contributed by atoms with Crippen LogP contribution in [-0.4, -0.2) is 42.3 Å². The Hall–Kier alpha value is -2.48. The van der Waals surface area contributed by atoms with E-state index in [0.29, 0.717) is 18.1 Å². The summed E-state index contributed by atoms with van der Waals surface area (Å²) in [6, 6.07) is 6.45. The van der Waals surface area contributed by atoms with E-state index in [4.69, 9.17) is 31.6 Å². The molecule has 0 saturated heterocycles. The number of halogens is 1. The van der Waals surface area contributed by atoms with Crippen LogP contribution in [0.2, 0.25) is 5.02 Å². The van der Waals surface area contributed by atoms with Crippen molar-refractivity contribution in [2.45, 2.75) is 65.2 Å². The first-order chi connectivity index (χ1) is 13.5. The van der Waals surface area contributed by atoms with E-state index in [9.17, 15) is 9.59 Å². The summed E-state index contributed by atoms with van der Waals surface area (Å²) < 4.78 is 10.2. The Morgan fingerprint density at radius 1 is 1.24 bits per heavy atom. The van der Waals surface area contributed by atoms with Gasteiger partial charge in [-0.1, -0.05) is 28.9 Å². The summed E-state index contributed by atoms with van der Waals surface area (Å²) in [6.07, 6.45) is -0.785. The molecule has 0 aliphatic carbocycles. The van der Waals surface area contributed by atoms with Crippen molar-refractivity contribution in [1.82, 2.24) is 5.32 Å². The number of rotatable bonds is 9. The van der Waals surface area contributed by atoms with E-state index in [1.54, 1.807) is 46.8 Å². The van der Waals surface area contributed by atoms with Gasteiger partial charge in [0.1, 0.15) is 11.7 Å². The number of nitrogens with one attached hydrogen (secondary N) is 1. The molecule has 2 atom stereocenters. The van der Waals surface area contributed by atoms with Crippen molar-refractivity contribution in [2.75, 3.05) is 6.61 Å². The molecule has 0 unspecified atom stereocenters. The molecule has 0 bridgehead atoms. The van der Waals surface area contributed by atoms with Crippen molar-refractivity contribution in [3.8, 4) is 0 Å². The Balaban J connectivity index is 2.85. The highest BCUT2D eigenvalue weighted by Gasteiger charge is 2.23. The molecule has 0 spiro atoms. The molecule has 29 heavy (non-hydrogen) atoms. The second kappa shape index (κ2) is 11.5. The van der Waals surface area contributed by atoms with E-state index < -0.39 is 29.8 Å². The summed E-state index contributed by atoms with van der Waals surface area (Å²) in [6.45, 7) is 8.97. The lowest BCUT2D eigenvalue weighted by molar-refractivity contribution is -0.146. The predicted molar refractivity (Wildman–Crippen MR) is 112 cm³/mol. The van der Waals surface area contributed by atoms with Crippen molar-refractivity contribution < 1.29 is 23.9 Å². The van der Waals surface area contributed by atoms with E-state index >= 15 is 0 Å². The molecule has 0 fully saturated rings. The van der Waals surface area contributed by atoms with Gasteiger partial charge in [-0.15, -0.1) is 0 Å². The summed E-state index contributed by atoms with van der Waals surface area (Å²) in [4.78, 5) is 29.0. The minimum atomic E-state index is -0.680. The van der Waals surface area contributed by atoms with Crippen LogP contribution in [0.15, 0.2) is 29.4 Å². The number of alkyl carbamates (subject to hydrolysis) is 1. The fraction of sp³-hybridized carbons (Fsp3) is 0.550. The number of ether oxygens (including phenoxy) is 2. The minimum absolute atomic E-state index is 0.0337. The third-order valence-corrected chi connectivity index (χ3v) is 3.75. The zero-order valence-corrected chi connectivity index (χ0v) is 18.3. The molecule has 8 nitrogen and oxygen atoms in total. The number of oxime groups is 1. The van der Waals surface area contributed by atoms with Crippen LogP contribution in [0.5, 0.6) is 0 Å². The normalized spacial score (nSPS) is 13.9. The second-order valence-electron chi connectivity index (χ2n) is 7.47. The Labute approximate surface area is 176 Å². The topological polar surface area (TPSA) is 112 Å². The number of nitrogens with two attached hydrogens (primary N) is 1. The number of amides is 1. The number of amidine groups is 1. The third kappa shape index (κ3) is 10.6. The summed E-state index contributed by atoms with van der Waals surface area (Å²) in [5, 5.41) is 7.19. The quantitative estimate of drug-likeness (QED) is 0.270. The van der Waals surface area contributed by atoms with Gasteiger partial charge in [-0.3, -0.25) is 4.79 Å². The van der Waals surface area contributed by atoms with Gasteiger partial charge < -0.3 is 25.4 Å². The zero-order chi connectivity index (χ0) is 22.0. The average Bonchev–Trinajstić information content (AvgIpc) is 2.59. The van der Waals surface area contributed by atoms with Crippen molar-refractivity contribution in [1.29, 1.82) is 0 Å². The van der Waals surface area contributed by atoms with Gasteiger partial charge in [0.2, 0.25) is 0 Å².